The van der Waals surface area contributed by atoms with Crippen molar-refractivity contribution in [3.8, 4) is 11.8 Å². The highest BCUT2D eigenvalue weighted by Crippen LogP contribution is 2.05. The summed E-state index contributed by atoms with van der Waals surface area (Å²) in [6.07, 6.45) is 1.85. The van der Waals surface area contributed by atoms with E-state index in [1.165, 1.54) is 0 Å². The van der Waals surface area contributed by atoms with Gasteiger partial charge in [-0.05, 0) is 29.8 Å². The molecule has 0 atom stereocenters. The summed E-state index contributed by atoms with van der Waals surface area (Å²) in [6, 6.07) is 11.4. The van der Waals surface area contributed by atoms with Gasteiger partial charge in [0.15, 0.2) is 0 Å². The minimum Gasteiger partial charge on any atom is -0.347 e. The monoisotopic (exact) mass is 267 g/mol. The number of amides is 1. The molecule has 0 saturated heterocycles. The Morgan fingerprint density at radius 1 is 1.35 bits per heavy atom. The van der Waals surface area contributed by atoms with Crippen LogP contribution in [0.5, 0.6) is 0 Å². The first-order chi connectivity index (χ1) is 9.70. The molecule has 1 aromatic heterocycles. The van der Waals surface area contributed by atoms with Gasteiger partial charge >= 0.3 is 0 Å². The van der Waals surface area contributed by atoms with Crippen molar-refractivity contribution in [1.29, 1.82) is 0 Å². The Morgan fingerprint density at radius 2 is 2.20 bits per heavy atom. The van der Waals surface area contributed by atoms with Crippen LogP contribution in [0.15, 0.2) is 42.6 Å². The Hall–Kier alpha value is -2.51. The summed E-state index contributed by atoms with van der Waals surface area (Å²) in [5, 5.41) is 2.89. The number of aromatic nitrogens is 1. The average Bonchev–Trinajstić information content (AvgIpc) is 2.89. The van der Waals surface area contributed by atoms with Gasteiger partial charge in [-0.25, -0.2) is 0 Å². The minimum atomic E-state index is -0.0871. The molecule has 4 heteroatoms. The van der Waals surface area contributed by atoms with E-state index in [9.17, 15) is 4.79 Å². The highest BCUT2D eigenvalue weighted by molar-refractivity contribution is 5.92. The third-order valence-corrected chi connectivity index (χ3v) is 2.89. The van der Waals surface area contributed by atoms with Crippen LogP contribution in [0.3, 0.4) is 0 Å². The van der Waals surface area contributed by atoms with E-state index < -0.39 is 0 Å². The van der Waals surface area contributed by atoms with Crippen LogP contribution in [0, 0.1) is 11.8 Å². The Kier molecular flexibility index (Phi) is 4.59. The van der Waals surface area contributed by atoms with Crippen molar-refractivity contribution in [3.63, 3.8) is 0 Å². The molecule has 4 nitrogen and oxygen atoms in total. The third kappa shape index (κ3) is 3.50. The number of carbonyl (C=O) groups excluding carboxylic acids is 1. The van der Waals surface area contributed by atoms with Gasteiger partial charge in [-0.15, -0.1) is 0 Å². The van der Waals surface area contributed by atoms with E-state index in [1.807, 2.05) is 43.6 Å². The Labute approximate surface area is 118 Å². The first-order valence-corrected chi connectivity index (χ1v) is 6.38. The molecule has 0 radical (unpaired) electrons. The number of carbonyl (C=O) groups is 1. The zero-order valence-electron chi connectivity index (χ0n) is 11.4. The van der Waals surface area contributed by atoms with Crippen molar-refractivity contribution in [2.24, 2.45) is 12.8 Å². The summed E-state index contributed by atoms with van der Waals surface area (Å²) in [5.41, 5.74) is 7.91. The number of nitrogens with two attached hydrogens (primary N) is 1. The van der Waals surface area contributed by atoms with Crippen LogP contribution < -0.4 is 11.1 Å². The molecule has 1 amide bonds. The molecule has 1 aromatic carbocycles. The average molecular weight is 267 g/mol. The number of hydrogen-bond donors (Lipinski definition) is 2. The van der Waals surface area contributed by atoms with Gasteiger partial charge in [0.2, 0.25) is 0 Å². The third-order valence-electron chi connectivity index (χ3n) is 2.89. The van der Waals surface area contributed by atoms with Gasteiger partial charge in [-0.3, -0.25) is 4.79 Å². The van der Waals surface area contributed by atoms with Crippen LogP contribution in [0.4, 0.5) is 0 Å². The van der Waals surface area contributed by atoms with Crippen molar-refractivity contribution in [2.45, 2.75) is 6.54 Å². The summed E-state index contributed by atoms with van der Waals surface area (Å²) < 4.78 is 1.79. The van der Waals surface area contributed by atoms with Crippen LogP contribution in [-0.2, 0) is 13.6 Å². The van der Waals surface area contributed by atoms with Gasteiger partial charge < -0.3 is 15.6 Å². The van der Waals surface area contributed by atoms with Crippen molar-refractivity contribution in [2.75, 3.05) is 6.54 Å². The number of hydrogen-bond acceptors (Lipinski definition) is 2. The quantitative estimate of drug-likeness (QED) is 0.823. The Bertz CT molecular complexity index is 662. The van der Waals surface area contributed by atoms with Crippen LogP contribution in [-0.4, -0.2) is 17.0 Å². The summed E-state index contributed by atoms with van der Waals surface area (Å²) in [7, 11) is 1.85. The van der Waals surface area contributed by atoms with Gasteiger partial charge in [-0.1, -0.05) is 24.0 Å². The fraction of sp³-hybridized carbons (Fsp3) is 0.188. The topological polar surface area (TPSA) is 60.0 Å². The lowest BCUT2D eigenvalue weighted by molar-refractivity contribution is 0.0943. The largest absolute Gasteiger partial charge is 0.347 e. The molecule has 0 bridgehead atoms. The number of nitrogens with zero attached hydrogens (tertiary/aromatic N) is 1. The van der Waals surface area contributed by atoms with Gasteiger partial charge in [0.05, 0.1) is 6.54 Å². The molecule has 0 spiro atoms. The predicted octanol–water partition coefficient (Wildman–Crippen LogP) is 1.27. The number of nitrogens with one attached hydrogen (secondary N) is 1. The van der Waals surface area contributed by atoms with Gasteiger partial charge in [0.25, 0.3) is 5.91 Å². The molecule has 20 heavy (non-hydrogen) atoms. The van der Waals surface area contributed by atoms with Crippen LogP contribution >= 0.6 is 0 Å². The summed E-state index contributed by atoms with van der Waals surface area (Å²) in [6.45, 7) is 0.816. The van der Waals surface area contributed by atoms with Crippen molar-refractivity contribution < 1.29 is 4.79 Å². The van der Waals surface area contributed by atoms with Crippen LogP contribution in [0.25, 0.3) is 0 Å². The first-order valence-electron chi connectivity index (χ1n) is 6.38. The number of aryl methyl sites for hydroxylation is 1. The standard InChI is InChI=1S/C16H17N3O/c1-19-10-4-8-15(19)16(20)18-12-14-6-2-5-13(11-14)7-3-9-17/h2,4-6,8,10-11H,9,12,17H2,1H3,(H,18,20). The SMILES string of the molecule is Cn1cccc1C(=O)NCc1cccc(C#CCN)c1. The lowest BCUT2D eigenvalue weighted by atomic mass is 10.1. The highest BCUT2D eigenvalue weighted by atomic mass is 16.1. The fourth-order valence-electron chi connectivity index (χ4n) is 1.88. The number of benzene rings is 1. The molecular formula is C16H17N3O. The van der Waals surface area contributed by atoms with E-state index >= 15 is 0 Å². The van der Waals surface area contributed by atoms with Gasteiger partial charge in [0, 0.05) is 25.4 Å². The maximum atomic E-state index is 12.0. The molecule has 2 rings (SSSR count). The summed E-state index contributed by atoms with van der Waals surface area (Å²) in [5.74, 6) is 5.70. The van der Waals surface area contributed by atoms with Crippen molar-refractivity contribution in [3.05, 3.63) is 59.4 Å². The number of rotatable bonds is 3. The molecule has 1 heterocycles. The molecular weight excluding hydrogens is 250 g/mol. The first kappa shape index (κ1) is 13.9. The zero-order valence-corrected chi connectivity index (χ0v) is 11.4. The zero-order chi connectivity index (χ0) is 14.4. The second-order valence-corrected chi connectivity index (χ2v) is 4.39. The molecule has 0 fully saturated rings. The van der Waals surface area contributed by atoms with E-state index in [0.29, 0.717) is 18.8 Å². The minimum absolute atomic E-state index is 0.0871. The van der Waals surface area contributed by atoms with E-state index in [-0.39, 0.29) is 5.91 Å². The normalized spacial score (nSPS) is 9.70. The molecule has 2 aromatic rings. The summed E-state index contributed by atoms with van der Waals surface area (Å²) >= 11 is 0. The molecule has 0 aliphatic rings. The highest BCUT2D eigenvalue weighted by Gasteiger charge is 2.07. The lowest BCUT2D eigenvalue weighted by Crippen LogP contribution is -2.24. The van der Waals surface area contributed by atoms with Crippen LogP contribution in [0.1, 0.15) is 21.6 Å². The molecule has 0 aliphatic heterocycles. The predicted molar refractivity (Wildman–Crippen MR) is 79.0 cm³/mol. The van der Waals surface area contributed by atoms with Gasteiger partial charge in [0.1, 0.15) is 5.69 Å². The Morgan fingerprint density at radius 3 is 2.90 bits per heavy atom. The maximum absolute atomic E-state index is 12.0. The molecule has 102 valence electrons. The Balaban J connectivity index is 2.01. The molecule has 0 unspecified atom stereocenters. The fourth-order valence-corrected chi connectivity index (χ4v) is 1.88. The van der Waals surface area contributed by atoms with Crippen molar-refractivity contribution >= 4 is 5.91 Å². The molecule has 0 aliphatic carbocycles. The second-order valence-electron chi connectivity index (χ2n) is 4.39. The van der Waals surface area contributed by atoms with E-state index in [4.69, 9.17) is 5.73 Å². The van der Waals surface area contributed by atoms with E-state index in [0.717, 1.165) is 11.1 Å². The van der Waals surface area contributed by atoms with Gasteiger partial charge in [-0.2, -0.15) is 0 Å². The maximum Gasteiger partial charge on any atom is 0.268 e. The van der Waals surface area contributed by atoms with E-state index in [1.54, 1.807) is 10.6 Å². The van der Waals surface area contributed by atoms with Crippen LogP contribution in [0.2, 0.25) is 0 Å². The lowest BCUT2D eigenvalue weighted by Gasteiger charge is -2.06. The van der Waals surface area contributed by atoms with Crippen molar-refractivity contribution in [1.82, 2.24) is 9.88 Å². The smallest absolute Gasteiger partial charge is 0.268 e. The second kappa shape index (κ2) is 6.60. The van der Waals surface area contributed by atoms with E-state index in [2.05, 4.69) is 17.2 Å². The molecule has 0 saturated carbocycles. The summed E-state index contributed by atoms with van der Waals surface area (Å²) in [4.78, 5) is 12.0. The molecule has 3 N–H and O–H groups in total.